The number of carbonyl (C=O) groups excluding carboxylic acids is 2. The van der Waals surface area contributed by atoms with E-state index in [2.05, 4.69) is 20.3 Å². The molecule has 0 aromatic carbocycles. The second kappa shape index (κ2) is 7.26. The molecule has 132 valence electrons. The second-order valence-electron chi connectivity index (χ2n) is 6.21. The molecule has 0 bridgehead atoms. The van der Waals surface area contributed by atoms with E-state index in [4.69, 9.17) is 0 Å². The first-order valence-corrected chi connectivity index (χ1v) is 9.09. The number of hydrogen-bond acceptors (Lipinski definition) is 6. The minimum atomic E-state index is -0.149. The molecule has 1 fully saturated rings. The fourth-order valence-corrected chi connectivity index (χ4v) is 4.15. The normalized spacial score (nSPS) is 17.4. The molecule has 0 spiro atoms. The van der Waals surface area contributed by atoms with Crippen molar-refractivity contribution in [2.45, 2.75) is 39.5 Å². The van der Waals surface area contributed by atoms with Gasteiger partial charge in [0.1, 0.15) is 5.69 Å². The molecule has 0 radical (unpaired) electrons. The van der Waals surface area contributed by atoms with Gasteiger partial charge in [0.25, 0.3) is 0 Å². The molecule has 2 aromatic rings. The number of thiazole rings is 1. The molecule has 25 heavy (non-hydrogen) atoms. The van der Waals surface area contributed by atoms with Crippen LogP contribution in [0.3, 0.4) is 0 Å². The largest absolute Gasteiger partial charge is 0.342 e. The highest BCUT2D eigenvalue weighted by Crippen LogP contribution is 2.37. The van der Waals surface area contributed by atoms with Crippen LogP contribution in [0.15, 0.2) is 12.4 Å². The predicted molar refractivity (Wildman–Crippen MR) is 96.4 cm³/mol. The summed E-state index contributed by atoms with van der Waals surface area (Å²) in [5.41, 5.74) is 2.51. The Morgan fingerprint density at radius 3 is 2.76 bits per heavy atom. The minimum absolute atomic E-state index is 0.0945. The summed E-state index contributed by atoms with van der Waals surface area (Å²) in [4.78, 5) is 39.3. The van der Waals surface area contributed by atoms with Crippen LogP contribution < -0.4 is 5.32 Å². The Bertz CT molecular complexity index is 804. The third kappa shape index (κ3) is 3.84. The van der Waals surface area contributed by atoms with E-state index in [9.17, 15) is 9.59 Å². The first kappa shape index (κ1) is 17.5. The van der Waals surface area contributed by atoms with Gasteiger partial charge in [-0.15, -0.1) is 0 Å². The summed E-state index contributed by atoms with van der Waals surface area (Å²) in [6.07, 6.45) is 5.29. The molecule has 1 aliphatic rings. The number of rotatable bonds is 3. The average Bonchev–Trinajstić information content (AvgIpc) is 2.94. The lowest BCUT2D eigenvalue weighted by Gasteiger charge is -2.32. The standard InChI is InChI=1S/C17H21N5O2S/c1-10-16(25-17(20-10)21-11(2)23)15-14(18-6-7-19-15)13-5-4-8-22(9-13)12(3)24/h6-7,13H,4-5,8-9H2,1-3H3,(H,20,21,23)/t13-/m1/s1. The van der Waals surface area contributed by atoms with Gasteiger partial charge < -0.3 is 10.2 Å². The lowest BCUT2D eigenvalue weighted by atomic mass is 9.92. The summed E-state index contributed by atoms with van der Waals surface area (Å²) in [6.45, 7) is 6.43. The van der Waals surface area contributed by atoms with Crippen molar-refractivity contribution in [1.29, 1.82) is 0 Å². The molecule has 1 N–H and O–H groups in total. The van der Waals surface area contributed by atoms with E-state index < -0.39 is 0 Å². The molecule has 3 rings (SSSR count). The molecule has 0 unspecified atom stereocenters. The third-order valence-electron chi connectivity index (χ3n) is 4.27. The second-order valence-corrected chi connectivity index (χ2v) is 7.21. The summed E-state index contributed by atoms with van der Waals surface area (Å²) >= 11 is 1.40. The number of nitrogens with one attached hydrogen (secondary N) is 1. The smallest absolute Gasteiger partial charge is 0.223 e. The molecule has 1 atom stereocenters. The molecule has 0 saturated carbocycles. The molecule has 2 amide bonds. The molecule has 2 aromatic heterocycles. The lowest BCUT2D eigenvalue weighted by Crippen LogP contribution is -2.38. The average molecular weight is 359 g/mol. The highest BCUT2D eigenvalue weighted by atomic mass is 32.1. The third-order valence-corrected chi connectivity index (χ3v) is 5.35. The fraction of sp³-hybridized carbons (Fsp3) is 0.471. The molecular weight excluding hydrogens is 338 g/mol. The van der Waals surface area contributed by atoms with Crippen LogP contribution in [0.5, 0.6) is 0 Å². The number of hydrogen-bond donors (Lipinski definition) is 1. The lowest BCUT2D eigenvalue weighted by molar-refractivity contribution is -0.130. The Balaban J connectivity index is 1.95. The van der Waals surface area contributed by atoms with Gasteiger partial charge >= 0.3 is 0 Å². The van der Waals surface area contributed by atoms with Crippen LogP contribution >= 0.6 is 11.3 Å². The quantitative estimate of drug-likeness (QED) is 0.910. The van der Waals surface area contributed by atoms with Crippen LogP contribution in [0.1, 0.15) is 44.0 Å². The van der Waals surface area contributed by atoms with Gasteiger partial charge in [0.15, 0.2) is 5.13 Å². The SMILES string of the molecule is CC(=O)Nc1nc(C)c(-c2nccnc2[C@@H]2CCCN(C(C)=O)C2)s1. The monoisotopic (exact) mass is 359 g/mol. The molecular formula is C17H21N5O2S. The van der Waals surface area contributed by atoms with Crippen molar-refractivity contribution in [2.75, 3.05) is 18.4 Å². The first-order valence-electron chi connectivity index (χ1n) is 8.27. The molecule has 1 aliphatic heterocycles. The van der Waals surface area contributed by atoms with Gasteiger partial charge in [-0.05, 0) is 19.8 Å². The van der Waals surface area contributed by atoms with Crippen LogP contribution in [0.25, 0.3) is 10.6 Å². The number of amides is 2. The summed E-state index contributed by atoms with van der Waals surface area (Å²) in [6, 6.07) is 0. The molecule has 0 aliphatic carbocycles. The fourth-order valence-electron chi connectivity index (χ4n) is 3.13. The van der Waals surface area contributed by atoms with E-state index >= 15 is 0 Å². The first-order chi connectivity index (χ1) is 12.0. The van der Waals surface area contributed by atoms with E-state index in [1.807, 2.05) is 11.8 Å². The zero-order valence-electron chi connectivity index (χ0n) is 14.6. The van der Waals surface area contributed by atoms with Crippen molar-refractivity contribution in [3.63, 3.8) is 0 Å². The van der Waals surface area contributed by atoms with Gasteiger partial charge in [-0.2, -0.15) is 0 Å². The van der Waals surface area contributed by atoms with Crippen LogP contribution in [0.2, 0.25) is 0 Å². The molecule has 1 saturated heterocycles. The highest BCUT2D eigenvalue weighted by Gasteiger charge is 2.27. The predicted octanol–water partition coefficient (Wildman–Crippen LogP) is 2.59. The van der Waals surface area contributed by atoms with Gasteiger partial charge in [-0.1, -0.05) is 11.3 Å². The Morgan fingerprint density at radius 2 is 2.04 bits per heavy atom. The van der Waals surface area contributed by atoms with Gasteiger partial charge in [-0.25, -0.2) is 4.98 Å². The van der Waals surface area contributed by atoms with Crippen molar-refractivity contribution in [1.82, 2.24) is 19.9 Å². The number of aromatic nitrogens is 3. The van der Waals surface area contributed by atoms with Crippen LogP contribution in [-0.4, -0.2) is 44.8 Å². The van der Waals surface area contributed by atoms with Crippen molar-refractivity contribution in [3.05, 3.63) is 23.8 Å². The summed E-state index contributed by atoms with van der Waals surface area (Å²) in [5.74, 6) is 0.105. The molecule has 3 heterocycles. The summed E-state index contributed by atoms with van der Waals surface area (Å²) in [5, 5.41) is 3.28. The summed E-state index contributed by atoms with van der Waals surface area (Å²) in [7, 11) is 0. The maximum absolute atomic E-state index is 11.7. The van der Waals surface area contributed by atoms with E-state index in [1.54, 1.807) is 19.3 Å². The van der Waals surface area contributed by atoms with Gasteiger partial charge in [-0.3, -0.25) is 19.6 Å². The summed E-state index contributed by atoms with van der Waals surface area (Å²) < 4.78 is 0. The van der Waals surface area contributed by atoms with Crippen LogP contribution in [0.4, 0.5) is 5.13 Å². The molecule has 8 heteroatoms. The van der Waals surface area contributed by atoms with E-state index in [-0.39, 0.29) is 17.7 Å². The van der Waals surface area contributed by atoms with Crippen molar-refractivity contribution < 1.29 is 9.59 Å². The number of anilines is 1. The number of carbonyl (C=O) groups is 2. The molecule has 7 nitrogen and oxygen atoms in total. The van der Waals surface area contributed by atoms with E-state index in [0.29, 0.717) is 11.7 Å². The zero-order chi connectivity index (χ0) is 18.0. The number of piperidine rings is 1. The van der Waals surface area contributed by atoms with Crippen molar-refractivity contribution in [2.24, 2.45) is 0 Å². The highest BCUT2D eigenvalue weighted by molar-refractivity contribution is 7.19. The van der Waals surface area contributed by atoms with Crippen molar-refractivity contribution in [3.8, 4) is 10.6 Å². The van der Waals surface area contributed by atoms with Crippen LogP contribution in [-0.2, 0) is 9.59 Å². The van der Waals surface area contributed by atoms with E-state index in [0.717, 1.165) is 41.3 Å². The van der Waals surface area contributed by atoms with Crippen LogP contribution in [0, 0.1) is 6.92 Å². The topological polar surface area (TPSA) is 88.1 Å². The Kier molecular flexibility index (Phi) is 5.08. The van der Waals surface area contributed by atoms with E-state index in [1.165, 1.54) is 18.3 Å². The maximum Gasteiger partial charge on any atom is 0.223 e. The van der Waals surface area contributed by atoms with Gasteiger partial charge in [0, 0.05) is 45.2 Å². The number of aryl methyl sites for hydroxylation is 1. The number of likely N-dealkylation sites (tertiary alicyclic amines) is 1. The Hall–Kier alpha value is -2.35. The van der Waals surface area contributed by atoms with Gasteiger partial charge in [0.2, 0.25) is 11.8 Å². The minimum Gasteiger partial charge on any atom is -0.342 e. The maximum atomic E-state index is 11.7. The zero-order valence-corrected chi connectivity index (χ0v) is 15.4. The van der Waals surface area contributed by atoms with Gasteiger partial charge in [0.05, 0.1) is 16.3 Å². The Labute approximate surface area is 150 Å². The van der Waals surface area contributed by atoms with Crippen molar-refractivity contribution >= 4 is 28.3 Å². The Morgan fingerprint density at radius 1 is 1.28 bits per heavy atom. The number of nitrogens with zero attached hydrogens (tertiary/aromatic N) is 4.